The maximum atomic E-state index is 6.20. The number of nitrogens with one attached hydrogen (secondary N) is 1. The molecule has 1 saturated heterocycles. The third-order valence-electron chi connectivity index (χ3n) is 3.60. The monoisotopic (exact) mass is 287 g/mol. The topological polar surface area (TPSA) is 21.3 Å². The molecule has 1 aromatic heterocycles. The molecule has 0 spiro atoms. The number of ether oxygens (including phenoxy) is 1. The van der Waals surface area contributed by atoms with Crippen molar-refractivity contribution in [2.24, 2.45) is 0 Å². The molecule has 2 rings (SSSR count). The molecule has 1 N–H and O–H groups in total. The van der Waals surface area contributed by atoms with Crippen molar-refractivity contribution >= 4 is 22.9 Å². The molecule has 0 saturated carbocycles. The first-order chi connectivity index (χ1) is 8.60. The van der Waals surface area contributed by atoms with Crippen molar-refractivity contribution in [3.63, 3.8) is 0 Å². The Morgan fingerprint density at radius 3 is 2.67 bits per heavy atom. The van der Waals surface area contributed by atoms with Gasteiger partial charge in [-0.2, -0.15) is 0 Å². The van der Waals surface area contributed by atoms with Crippen LogP contribution in [-0.4, -0.2) is 25.8 Å². The third kappa shape index (κ3) is 3.47. The van der Waals surface area contributed by atoms with E-state index in [9.17, 15) is 0 Å². The fourth-order valence-electron chi connectivity index (χ4n) is 2.95. The molecule has 2 nitrogen and oxygen atoms in total. The Bertz CT molecular complexity index is 383. The van der Waals surface area contributed by atoms with Gasteiger partial charge in [-0.3, -0.25) is 0 Å². The van der Waals surface area contributed by atoms with E-state index in [2.05, 4.69) is 25.2 Å². The highest BCUT2D eigenvalue weighted by molar-refractivity contribution is 7.16. The normalized spacial score (nSPS) is 28.6. The zero-order valence-electron chi connectivity index (χ0n) is 11.3. The Morgan fingerprint density at radius 1 is 1.39 bits per heavy atom. The molecule has 102 valence electrons. The molecule has 0 radical (unpaired) electrons. The van der Waals surface area contributed by atoms with Crippen molar-refractivity contribution in [1.29, 1.82) is 0 Å². The fraction of sp³-hybridized carbons (Fsp3) is 0.714. The minimum Gasteiger partial charge on any atom is -0.384 e. The van der Waals surface area contributed by atoms with E-state index in [1.165, 1.54) is 23.3 Å². The van der Waals surface area contributed by atoms with E-state index in [4.69, 9.17) is 16.3 Å². The number of hydrogen-bond acceptors (Lipinski definition) is 3. The maximum Gasteiger partial charge on any atom is 0.0934 e. The average molecular weight is 288 g/mol. The first-order valence-electron chi connectivity index (χ1n) is 6.63. The van der Waals surface area contributed by atoms with Gasteiger partial charge in [0.2, 0.25) is 0 Å². The summed E-state index contributed by atoms with van der Waals surface area (Å²) in [5.74, 6) is 0.653. The van der Waals surface area contributed by atoms with Crippen LogP contribution >= 0.6 is 22.9 Å². The molecule has 0 aromatic carbocycles. The molecule has 18 heavy (non-hydrogen) atoms. The minimum absolute atomic E-state index is 0.593. The molecule has 2 unspecified atom stereocenters. The lowest BCUT2D eigenvalue weighted by Crippen LogP contribution is -2.41. The zero-order chi connectivity index (χ0) is 13.1. The van der Waals surface area contributed by atoms with Crippen LogP contribution in [0.25, 0.3) is 0 Å². The molecule has 1 fully saturated rings. The lowest BCUT2D eigenvalue weighted by molar-refractivity contribution is 0.202. The van der Waals surface area contributed by atoms with Gasteiger partial charge in [-0.05, 0) is 50.7 Å². The first-order valence-corrected chi connectivity index (χ1v) is 7.82. The van der Waals surface area contributed by atoms with E-state index < -0.39 is 0 Å². The highest BCUT2D eigenvalue weighted by atomic mass is 35.5. The standard InChI is InChI=1S/C14H22ClNOS/c1-9-6-12(7-10(2)16-9)14-11(4-5-17-3)8-13(15)18-14/h8-10,12,16H,4-7H2,1-3H3. The molecule has 0 amide bonds. The van der Waals surface area contributed by atoms with Gasteiger partial charge >= 0.3 is 0 Å². The third-order valence-corrected chi connectivity index (χ3v) is 5.07. The smallest absolute Gasteiger partial charge is 0.0934 e. The van der Waals surface area contributed by atoms with Crippen molar-refractivity contribution < 1.29 is 4.74 Å². The summed E-state index contributed by atoms with van der Waals surface area (Å²) < 4.78 is 6.10. The van der Waals surface area contributed by atoms with Gasteiger partial charge < -0.3 is 10.1 Å². The van der Waals surface area contributed by atoms with Crippen LogP contribution in [0, 0.1) is 0 Å². The lowest BCUT2D eigenvalue weighted by atomic mass is 9.86. The maximum absolute atomic E-state index is 6.20. The molecular formula is C14H22ClNOS. The zero-order valence-corrected chi connectivity index (χ0v) is 12.9. The number of thiophene rings is 1. The Morgan fingerprint density at radius 2 is 2.06 bits per heavy atom. The SMILES string of the molecule is COCCc1cc(Cl)sc1C1CC(C)NC(C)C1. The number of rotatable bonds is 4. The van der Waals surface area contributed by atoms with Crippen molar-refractivity contribution in [3.05, 3.63) is 20.8 Å². The summed E-state index contributed by atoms with van der Waals surface area (Å²) in [5, 5.41) is 3.60. The molecule has 1 aromatic rings. The van der Waals surface area contributed by atoms with Crippen LogP contribution in [0.4, 0.5) is 0 Å². The van der Waals surface area contributed by atoms with Crippen LogP contribution in [0.15, 0.2) is 6.07 Å². The van der Waals surface area contributed by atoms with E-state index in [0.717, 1.165) is 17.4 Å². The Hall–Kier alpha value is -0.0900. The van der Waals surface area contributed by atoms with Gasteiger partial charge in [0.1, 0.15) is 0 Å². The summed E-state index contributed by atoms with van der Waals surface area (Å²) in [6, 6.07) is 3.31. The highest BCUT2D eigenvalue weighted by Crippen LogP contribution is 2.39. The van der Waals surface area contributed by atoms with Crippen LogP contribution < -0.4 is 5.32 Å². The molecule has 1 aliphatic rings. The largest absolute Gasteiger partial charge is 0.384 e. The lowest BCUT2D eigenvalue weighted by Gasteiger charge is -2.33. The number of halogens is 1. The van der Waals surface area contributed by atoms with E-state index in [-0.39, 0.29) is 0 Å². The van der Waals surface area contributed by atoms with Gasteiger partial charge in [-0.15, -0.1) is 11.3 Å². The van der Waals surface area contributed by atoms with Crippen LogP contribution in [0.2, 0.25) is 4.34 Å². The van der Waals surface area contributed by atoms with Gasteiger partial charge in [-0.1, -0.05) is 11.6 Å². The summed E-state index contributed by atoms with van der Waals surface area (Å²) in [6.07, 6.45) is 3.39. The first kappa shape index (κ1) is 14.3. The fourth-order valence-corrected chi connectivity index (χ4v) is 4.39. The Labute approximate surface area is 119 Å². The van der Waals surface area contributed by atoms with Crippen molar-refractivity contribution in [3.8, 4) is 0 Å². The van der Waals surface area contributed by atoms with Gasteiger partial charge in [0, 0.05) is 24.1 Å². The number of methoxy groups -OCH3 is 1. The van der Waals surface area contributed by atoms with Gasteiger partial charge in [-0.25, -0.2) is 0 Å². The molecule has 1 aliphatic heterocycles. The summed E-state index contributed by atoms with van der Waals surface area (Å²) in [4.78, 5) is 1.48. The second kappa shape index (κ2) is 6.38. The van der Waals surface area contributed by atoms with Crippen molar-refractivity contribution in [2.45, 2.75) is 51.1 Å². The summed E-state index contributed by atoms with van der Waals surface area (Å²) in [6.45, 7) is 5.32. The van der Waals surface area contributed by atoms with Crippen LogP contribution in [0.1, 0.15) is 43.0 Å². The van der Waals surface area contributed by atoms with E-state index in [1.807, 2.05) is 0 Å². The van der Waals surface area contributed by atoms with E-state index in [1.54, 1.807) is 18.4 Å². The summed E-state index contributed by atoms with van der Waals surface area (Å²) >= 11 is 7.96. The highest BCUT2D eigenvalue weighted by Gasteiger charge is 2.27. The van der Waals surface area contributed by atoms with Gasteiger partial charge in [0.05, 0.1) is 10.9 Å². The molecule has 4 heteroatoms. The van der Waals surface area contributed by atoms with Crippen LogP contribution in [-0.2, 0) is 11.2 Å². The van der Waals surface area contributed by atoms with E-state index >= 15 is 0 Å². The quantitative estimate of drug-likeness (QED) is 0.909. The number of hydrogen-bond donors (Lipinski definition) is 1. The predicted octanol–water partition coefficient (Wildman–Crippen LogP) is 3.83. The average Bonchev–Trinajstić information content (AvgIpc) is 2.66. The summed E-state index contributed by atoms with van der Waals surface area (Å²) in [5.41, 5.74) is 1.39. The second-order valence-electron chi connectivity index (χ2n) is 5.32. The van der Waals surface area contributed by atoms with Gasteiger partial charge in [0.15, 0.2) is 0 Å². The molecule has 0 bridgehead atoms. The number of piperidine rings is 1. The Balaban J connectivity index is 2.15. The Kier molecular flexibility index (Phi) is 5.07. The van der Waals surface area contributed by atoms with Gasteiger partial charge in [0.25, 0.3) is 0 Å². The molecular weight excluding hydrogens is 266 g/mol. The summed E-state index contributed by atoms with van der Waals surface area (Å²) in [7, 11) is 1.75. The van der Waals surface area contributed by atoms with Crippen molar-refractivity contribution in [2.75, 3.05) is 13.7 Å². The molecule has 2 atom stereocenters. The van der Waals surface area contributed by atoms with Crippen LogP contribution in [0.3, 0.4) is 0 Å². The minimum atomic E-state index is 0.593. The predicted molar refractivity (Wildman–Crippen MR) is 78.9 cm³/mol. The van der Waals surface area contributed by atoms with E-state index in [0.29, 0.717) is 18.0 Å². The second-order valence-corrected chi connectivity index (χ2v) is 7.03. The molecule has 2 heterocycles. The van der Waals surface area contributed by atoms with Crippen LogP contribution in [0.5, 0.6) is 0 Å². The van der Waals surface area contributed by atoms with Crippen molar-refractivity contribution in [1.82, 2.24) is 5.32 Å². The molecule has 0 aliphatic carbocycles.